The molecule has 24 heavy (non-hydrogen) atoms. The molecule has 1 aromatic heterocycles. The van der Waals surface area contributed by atoms with Gasteiger partial charge in [-0.3, -0.25) is 4.79 Å². The fraction of sp³-hybridized carbons (Fsp3) is 0.600. The first kappa shape index (κ1) is 16.1. The Morgan fingerprint density at radius 3 is 2.92 bits per heavy atom. The van der Waals surface area contributed by atoms with Gasteiger partial charge in [-0.25, -0.2) is 4.98 Å². The average molecular weight is 343 g/mol. The van der Waals surface area contributed by atoms with Crippen LogP contribution in [0.25, 0.3) is 10.2 Å². The molecule has 0 radical (unpaired) electrons. The van der Waals surface area contributed by atoms with Crippen LogP contribution < -0.4 is 0 Å². The Hall–Kier alpha value is -1.42. The van der Waals surface area contributed by atoms with E-state index in [1.165, 1.54) is 43.2 Å². The van der Waals surface area contributed by atoms with Gasteiger partial charge in [0.1, 0.15) is 0 Å². The molecule has 0 N–H and O–H groups in total. The van der Waals surface area contributed by atoms with Crippen LogP contribution in [-0.4, -0.2) is 28.4 Å². The van der Waals surface area contributed by atoms with Crippen molar-refractivity contribution in [3.8, 4) is 0 Å². The summed E-state index contributed by atoms with van der Waals surface area (Å²) in [6.45, 7) is 0.987. The molecule has 2 heterocycles. The quantitative estimate of drug-likeness (QED) is 0.799. The molecule has 4 heteroatoms. The minimum Gasteiger partial charge on any atom is -0.339 e. The number of amides is 1. The molecule has 2 fully saturated rings. The van der Waals surface area contributed by atoms with E-state index in [0.29, 0.717) is 18.4 Å². The smallest absolute Gasteiger partial charge is 0.222 e. The number of nitrogens with zero attached hydrogens (tertiary/aromatic N) is 2. The zero-order chi connectivity index (χ0) is 16.4. The molecule has 2 aliphatic rings. The molecule has 0 bridgehead atoms. The number of carbonyl (C=O) groups excluding carboxylic acids is 1. The summed E-state index contributed by atoms with van der Waals surface area (Å²) >= 11 is 1.77. The number of carbonyl (C=O) groups is 1. The molecule has 1 saturated heterocycles. The van der Waals surface area contributed by atoms with Gasteiger partial charge in [-0.05, 0) is 56.6 Å². The van der Waals surface area contributed by atoms with Gasteiger partial charge in [-0.1, -0.05) is 25.0 Å². The minimum atomic E-state index is 0.382. The molecule has 128 valence electrons. The number of likely N-dealkylation sites (tertiary alicyclic amines) is 1. The highest BCUT2D eigenvalue weighted by atomic mass is 32.1. The second-order valence-electron chi connectivity index (χ2n) is 7.27. The molecule has 3 nitrogen and oxygen atoms in total. The molecule has 1 amide bonds. The molecule has 1 aromatic carbocycles. The Balaban J connectivity index is 1.32. The van der Waals surface area contributed by atoms with E-state index < -0.39 is 0 Å². The summed E-state index contributed by atoms with van der Waals surface area (Å²) in [5.41, 5.74) is 1.09. The number of rotatable bonds is 4. The van der Waals surface area contributed by atoms with Crippen LogP contribution in [0.1, 0.15) is 56.4 Å². The number of aryl methyl sites for hydroxylation is 1. The summed E-state index contributed by atoms with van der Waals surface area (Å²) in [6.07, 6.45) is 10.3. The maximum absolute atomic E-state index is 12.7. The third-order valence-corrected chi connectivity index (χ3v) is 6.78. The second kappa shape index (κ2) is 7.22. The van der Waals surface area contributed by atoms with Crippen molar-refractivity contribution in [3.05, 3.63) is 29.3 Å². The molecule has 1 aliphatic heterocycles. The summed E-state index contributed by atoms with van der Waals surface area (Å²) in [5, 5.41) is 1.16. The fourth-order valence-electron chi connectivity index (χ4n) is 4.50. The number of hydrogen-bond donors (Lipinski definition) is 0. The third kappa shape index (κ3) is 3.34. The van der Waals surface area contributed by atoms with Gasteiger partial charge in [0.2, 0.25) is 5.91 Å². The predicted octanol–water partition coefficient (Wildman–Crippen LogP) is 4.80. The van der Waals surface area contributed by atoms with Gasteiger partial charge < -0.3 is 4.90 Å². The Morgan fingerprint density at radius 1 is 1.17 bits per heavy atom. The molecule has 0 spiro atoms. The van der Waals surface area contributed by atoms with Crippen LogP contribution in [0, 0.1) is 5.92 Å². The van der Waals surface area contributed by atoms with E-state index in [-0.39, 0.29) is 0 Å². The van der Waals surface area contributed by atoms with Crippen molar-refractivity contribution in [1.82, 2.24) is 9.88 Å². The van der Waals surface area contributed by atoms with Crippen molar-refractivity contribution < 1.29 is 4.79 Å². The van der Waals surface area contributed by atoms with Gasteiger partial charge in [-0.15, -0.1) is 11.3 Å². The van der Waals surface area contributed by atoms with Gasteiger partial charge in [-0.2, -0.15) is 0 Å². The van der Waals surface area contributed by atoms with Crippen molar-refractivity contribution in [1.29, 1.82) is 0 Å². The first-order valence-electron chi connectivity index (χ1n) is 9.45. The van der Waals surface area contributed by atoms with Crippen LogP contribution in [0.15, 0.2) is 24.3 Å². The first-order valence-corrected chi connectivity index (χ1v) is 10.3. The van der Waals surface area contributed by atoms with Gasteiger partial charge in [0.05, 0.1) is 15.2 Å². The third-order valence-electron chi connectivity index (χ3n) is 5.68. The number of aromatic nitrogens is 1. The normalized spacial score (nSPS) is 24.1. The van der Waals surface area contributed by atoms with E-state index in [1.54, 1.807) is 11.3 Å². The van der Waals surface area contributed by atoms with Gasteiger partial charge in [0.25, 0.3) is 0 Å². The highest BCUT2D eigenvalue weighted by molar-refractivity contribution is 7.18. The molecular weight excluding hydrogens is 316 g/mol. The molecule has 1 saturated carbocycles. The number of thiazole rings is 1. The highest BCUT2D eigenvalue weighted by Gasteiger charge is 2.35. The zero-order valence-electron chi connectivity index (χ0n) is 14.2. The summed E-state index contributed by atoms with van der Waals surface area (Å²) in [5.74, 6) is 1.16. The highest BCUT2D eigenvalue weighted by Crippen LogP contribution is 2.35. The van der Waals surface area contributed by atoms with E-state index in [0.717, 1.165) is 35.8 Å². The molecule has 2 atom stereocenters. The van der Waals surface area contributed by atoms with Crippen molar-refractivity contribution in [2.24, 2.45) is 5.92 Å². The topological polar surface area (TPSA) is 33.2 Å². The number of hydrogen-bond acceptors (Lipinski definition) is 3. The first-order chi connectivity index (χ1) is 11.8. The van der Waals surface area contributed by atoms with Crippen molar-refractivity contribution >= 4 is 27.5 Å². The van der Waals surface area contributed by atoms with Crippen molar-refractivity contribution in [2.75, 3.05) is 6.54 Å². The SMILES string of the molecule is O=C(CCCc1nc2ccccc2s1)N1CCCC2CCCCC21. The van der Waals surface area contributed by atoms with Crippen molar-refractivity contribution in [3.63, 3.8) is 0 Å². The number of para-hydroxylation sites is 1. The summed E-state index contributed by atoms with van der Waals surface area (Å²) in [4.78, 5) is 19.6. The van der Waals surface area contributed by atoms with E-state index in [9.17, 15) is 4.79 Å². The Kier molecular flexibility index (Phi) is 4.83. The largest absolute Gasteiger partial charge is 0.339 e. The lowest BCUT2D eigenvalue weighted by atomic mass is 9.78. The Labute approximate surface area is 148 Å². The van der Waals surface area contributed by atoms with Gasteiger partial charge in [0.15, 0.2) is 0 Å². The lowest BCUT2D eigenvalue weighted by Gasteiger charge is -2.44. The molecule has 4 rings (SSSR count). The fourth-order valence-corrected chi connectivity index (χ4v) is 5.50. The minimum absolute atomic E-state index is 0.382. The second-order valence-corrected chi connectivity index (χ2v) is 8.39. The molecule has 1 aliphatic carbocycles. The predicted molar refractivity (Wildman–Crippen MR) is 99.3 cm³/mol. The summed E-state index contributed by atoms with van der Waals surface area (Å²) in [7, 11) is 0. The number of benzene rings is 1. The van der Waals surface area contributed by atoms with Gasteiger partial charge >= 0.3 is 0 Å². The lowest BCUT2D eigenvalue weighted by Crippen LogP contribution is -2.49. The molecule has 2 aromatic rings. The average Bonchev–Trinajstić information content (AvgIpc) is 3.04. The summed E-state index contributed by atoms with van der Waals surface area (Å²) < 4.78 is 1.25. The van der Waals surface area contributed by atoms with Crippen molar-refractivity contribution in [2.45, 2.75) is 63.8 Å². The van der Waals surface area contributed by atoms with E-state index >= 15 is 0 Å². The van der Waals surface area contributed by atoms with Crippen LogP contribution in [-0.2, 0) is 11.2 Å². The lowest BCUT2D eigenvalue weighted by molar-refractivity contribution is -0.137. The van der Waals surface area contributed by atoms with Crippen LogP contribution >= 0.6 is 11.3 Å². The van der Waals surface area contributed by atoms with E-state index in [1.807, 2.05) is 6.07 Å². The van der Waals surface area contributed by atoms with Crippen LogP contribution in [0.5, 0.6) is 0 Å². The van der Waals surface area contributed by atoms with Crippen LogP contribution in [0.2, 0.25) is 0 Å². The Bertz CT molecular complexity index is 675. The zero-order valence-corrected chi connectivity index (χ0v) is 15.1. The molecular formula is C20H26N2OS. The Morgan fingerprint density at radius 2 is 2.00 bits per heavy atom. The number of piperidine rings is 1. The van der Waals surface area contributed by atoms with E-state index in [4.69, 9.17) is 0 Å². The van der Waals surface area contributed by atoms with Crippen LogP contribution in [0.4, 0.5) is 0 Å². The summed E-state index contributed by atoms with van der Waals surface area (Å²) in [6, 6.07) is 8.83. The maximum Gasteiger partial charge on any atom is 0.222 e. The number of fused-ring (bicyclic) bond motifs is 2. The standard InChI is InChI=1S/C20H26N2OS/c23-20(22-14-6-8-15-7-1-3-10-17(15)22)13-5-12-19-21-16-9-2-4-11-18(16)24-19/h2,4,9,11,15,17H,1,3,5-8,10,12-14H2. The van der Waals surface area contributed by atoms with Gasteiger partial charge in [0, 0.05) is 19.0 Å². The maximum atomic E-state index is 12.7. The van der Waals surface area contributed by atoms with E-state index in [2.05, 4.69) is 28.1 Å². The monoisotopic (exact) mass is 342 g/mol. The van der Waals surface area contributed by atoms with Crippen LogP contribution in [0.3, 0.4) is 0 Å². The molecule has 2 unspecified atom stereocenters.